The van der Waals surface area contributed by atoms with Crippen LogP contribution in [0.2, 0.25) is 0 Å². The van der Waals surface area contributed by atoms with Crippen molar-refractivity contribution >= 4 is 17.5 Å². The fourth-order valence-corrected chi connectivity index (χ4v) is 6.03. The summed E-state index contributed by atoms with van der Waals surface area (Å²) >= 11 is 0. The van der Waals surface area contributed by atoms with Crippen LogP contribution >= 0.6 is 0 Å². The molecule has 2 bridgehead atoms. The van der Waals surface area contributed by atoms with Crippen LogP contribution in [-0.2, 0) is 20.9 Å². The van der Waals surface area contributed by atoms with E-state index in [0.717, 1.165) is 62.6 Å². The Bertz CT molecular complexity index is 921. The molecule has 4 aliphatic rings. The number of β-amino-alcohol motifs (C(OH)–C–C–N with tert-alkyl or cyclic N) is 1. The van der Waals surface area contributed by atoms with Gasteiger partial charge in [0.05, 0.1) is 32.5 Å². The number of amides is 2. The van der Waals surface area contributed by atoms with Crippen molar-refractivity contribution in [2.45, 2.75) is 44.8 Å². The lowest BCUT2D eigenvalue weighted by atomic mass is 9.80. The highest BCUT2D eigenvalue weighted by atomic mass is 16.5. The Kier molecular flexibility index (Phi) is 8.29. The van der Waals surface area contributed by atoms with Crippen LogP contribution in [0.25, 0.3) is 0 Å². The highest BCUT2D eigenvalue weighted by Gasteiger charge is 2.34. The molecular formula is C27H40N4O5. The van der Waals surface area contributed by atoms with Gasteiger partial charge in [-0.15, -0.1) is 0 Å². The van der Waals surface area contributed by atoms with Crippen molar-refractivity contribution < 1.29 is 24.2 Å². The van der Waals surface area contributed by atoms with Crippen molar-refractivity contribution in [2.24, 2.45) is 11.8 Å². The van der Waals surface area contributed by atoms with Crippen LogP contribution in [0, 0.1) is 11.8 Å². The molecule has 0 saturated carbocycles. The van der Waals surface area contributed by atoms with Crippen molar-refractivity contribution in [3.8, 4) is 5.75 Å². The maximum Gasteiger partial charge on any atom is 0.236 e. The summed E-state index contributed by atoms with van der Waals surface area (Å²) in [4.78, 5) is 32.0. The van der Waals surface area contributed by atoms with E-state index in [0.29, 0.717) is 58.7 Å². The molecule has 1 aromatic carbocycles. The highest BCUT2D eigenvalue weighted by Crippen LogP contribution is 2.32. The summed E-state index contributed by atoms with van der Waals surface area (Å²) in [7, 11) is 0. The zero-order chi connectivity index (χ0) is 24.9. The van der Waals surface area contributed by atoms with Crippen LogP contribution < -0.4 is 15.0 Å². The number of ether oxygens (including phenoxy) is 2. The lowest BCUT2D eigenvalue weighted by Gasteiger charge is -2.39. The van der Waals surface area contributed by atoms with Crippen molar-refractivity contribution in [3.05, 3.63) is 23.8 Å². The lowest BCUT2D eigenvalue weighted by Crippen LogP contribution is -2.47. The van der Waals surface area contributed by atoms with Gasteiger partial charge in [0.25, 0.3) is 0 Å². The van der Waals surface area contributed by atoms with E-state index in [4.69, 9.17) is 9.47 Å². The molecule has 3 fully saturated rings. The number of nitrogens with zero attached hydrogens (tertiary/aromatic N) is 3. The van der Waals surface area contributed by atoms with Crippen LogP contribution in [0.5, 0.6) is 5.75 Å². The predicted octanol–water partition coefficient (Wildman–Crippen LogP) is 1.23. The van der Waals surface area contributed by atoms with Crippen LogP contribution in [0.1, 0.15) is 37.7 Å². The van der Waals surface area contributed by atoms with Gasteiger partial charge in [-0.2, -0.15) is 0 Å². The van der Waals surface area contributed by atoms with E-state index in [9.17, 15) is 14.7 Å². The molecule has 0 radical (unpaired) electrons. The number of likely N-dealkylation sites (tertiary alicyclic amines) is 1. The van der Waals surface area contributed by atoms with Gasteiger partial charge in [0, 0.05) is 63.5 Å². The molecule has 4 aliphatic heterocycles. The van der Waals surface area contributed by atoms with E-state index in [1.807, 2.05) is 4.90 Å². The first kappa shape index (κ1) is 25.3. The Morgan fingerprint density at radius 3 is 2.67 bits per heavy atom. The van der Waals surface area contributed by atoms with Crippen molar-refractivity contribution in [3.63, 3.8) is 0 Å². The van der Waals surface area contributed by atoms with Crippen molar-refractivity contribution in [1.82, 2.24) is 15.1 Å². The minimum atomic E-state index is -0.392. The third-order valence-corrected chi connectivity index (χ3v) is 8.19. The van der Waals surface area contributed by atoms with Gasteiger partial charge in [-0.1, -0.05) is 0 Å². The number of benzene rings is 1. The molecule has 9 nitrogen and oxygen atoms in total. The van der Waals surface area contributed by atoms with E-state index in [1.54, 1.807) is 4.90 Å². The molecule has 198 valence electrons. The summed E-state index contributed by atoms with van der Waals surface area (Å²) in [6.45, 7) is 7.23. The molecule has 3 saturated heterocycles. The van der Waals surface area contributed by atoms with E-state index in [-0.39, 0.29) is 23.7 Å². The van der Waals surface area contributed by atoms with Gasteiger partial charge in [0.2, 0.25) is 11.8 Å². The molecule has 2 amide bonds. The number of carbonyl (C=O) groups is 2. The Labute approximate surface area is 213 Å². The number of fused-ring (bicyclic) bond motifs is 3. The summed E-state index contributed by atoms with van der Waals surface area (Å²) in [6, 6.07) is 6.34. The zero-order valence-corrected chi connectivity index (χ0v) is 21.2. The standard InChI is InChI=1S/C27H40N4O5/c32-24-6-8-31(19-24)26(33)15-20-5-7-30-18-21(20)2-1-11-36-25-4-3-23(29-9-12-35-13-10-29)14-22(25)16-28-17-27(30)34/h3-4,14,20-21,24,28,32H,1-2,5-13,15-19H2/t20-,21-,24+/m0/s1. The molecule has 36 heavy (non-hydrogen) atoms. The summed E-state index contributed by atoms with van der Waals surface area (Å²) in [5.41, 5.74) is 2.23. The summed E-state index contributed by atoms with van der Waals surface area (Å²) < 4.78 is 11.7. The minimum Gasteiger partial charge on any atom is -0.493 e. The molecule has 5 rings (SSSR count). The van der Waals surface area contributed by atoms with Crippen molar-refractivity contribution in [1.29, 1.82) is 0 Å². The maximum atomic E-state index is 13.0. The van der Waals surface area contributed by atoms with Gasteiger partial charge < -0.3 is 34.6 Å². The smallest absolute Gasteiger partial charge is 0.236 e. The normalized spacial score (nSPS) is 28.0. The SMILES string of the molecule is O=C(C[C@@H]1CCN2C[C@@H]1CCCOc1ccc(N3CCOCC3)cc1CNCC2=O)N1CC[C@@H](O)C1. The fourth-order valence-electron chi connectivity index (χ4n) is 6.03. The summed E-state index contributed by atoms with van der Waals surface area (Å²) in [6.07, 6.45) is 3.45. The lowest BCUT2D eigenvalue weighted by molar-refractivity contribution is -0.135. The summed E-state index contributed by atoms with van der Waals surface area (Å²) in [5, 5.41) is 13.2. The number of carbonyl (C=O) groups excluding carboxylic acids is 2. The van der Waals surface area contributed by atoms with Gasteiger partial charge >= 0.3 is 0 Å². The number of hydrogen-bond donors (Lipinski definition) is 2. The van der Waals surface area contributed by atoms with Gasteiger partial charge in [-0.05, 0) is 55.7 Å². The van der Waals surface area contributed by atoms with Crippen LogP contribution in [0.15, 0.2) is 18.2 Å². The second-order valence-corrected chi connectivity index (χ2v) is 10.6. The Morgan fingerprint density at radius 1 is 1.00 bits per heavy atom. The second kappa shape index (κ2) is 11.8. The molecule has 0 aliphatic carbocycles. The van der Waals surface area contributed by atoms with E-state index in [2.05, 4.69) is 28.4 Å². The zero-order valence-electron chi connectivity index (χ0n) is 21.2. The van der Waals surface area contributed by atoms with Gasteiger partial charge in [-0.25, -0.2) is 0 Å². The van der Waals surface area contributed by atoms with E-state index < -0.39 is 6.10 Å². The number of morpholine rings is 1. The molecule has 0 aromatic heterocycles. The Hall–Kier alpha value is -2.36. The second-order valence-electron chi connectivity index (χ2n) is 10.6. The molecule has 1 aromatic rings. The molecular weight excluding hydrogens is 460 g/mol. The average molecular weight is 501 g/mol. The first-order chi connectivity index (χ1) is 17.6. The number of anilines is 1. The molecule has 2 N–H and O–H groups in total. The largest absolute Gasteiger partial charge is 0.493 e. The first-order valence-electron chi connectivity index (χ1n) is 13.6. The number of hydrogen-bond acceptors (Lipinski definition) is 7. The predicted molar refractivity (Wildman–Crippen MR) is 136 cm³/mol. The number of nitrogens with one attached hydrogen (secondary N) is 1. The van der Waals surface area contributed by atoms with Crippen LogP contribution in [-0.4, -0.2) is 98.5 Å². The highest BCUT2D eigenvalue weighted by molar-refractivity contribution is 5.79. The van der Waals surface area contributed by atoms with Crippen LogP contribution in [0.3, 0.4) is 0 Å². The van der Waals surface area contributed by atoms with Crippen molar-refractivity contribution in [2.75, 3.05) is 70.5 Å². The third kappa shape index (κ3) is 6.12. The van der Waals surface area contributed by atoms with Gasteiger partial charge in [-0.3, -0.25) is 9.59 Å². The third-order valence-electron chi connectivity index (χ3n) is 8.19. The van der Waals surface area contributed by atoms with E-state index >= 15 is 0 Å². The number of piperidine rings is 1. The number of rotatable bonds is 3. The number of aliphatic hydroxyl groups is 1. The van der Waals surface area contributed by atoms with Gasteiger partial charge in [0.15, 0.2) is 0 Å². The van der Waals surface area contributed by atoms with E-state index in [1.165, 1.54) is 0 Å². The van der Waals surface area contributed by atoms with Crippen LogP contribution in [0.4, 0.5) is 5.69 Å². The molecule has 0 spiro atoms. The average Bonchev–Trinajstić information content (AvgIpc) is 3.34. The summed E-state index contributed by atoms with van der Waals surface area (Å²) in [5.74, 6) is 1.68. The first-order valence-corrected chi connectivity index (χ1v) is 13.6. The molecule has 4 heterocycles. The minimum absolute atomic E-state index is 0.124. The quantitative estimate of drug-likeness (QED) is 0.645. The Balaban J connectivity index is 1.24. The maximum absolute atomic E-state index is 13.0. The fraction of sp³-hybridized carbons (Fsp3) is 0.704. The van der Waals surface area contributed by atoms with Gasteiger partial charge in [0.1, 0.15) is 5.75 Å². The number of aliphatic hydroxyl groups excluding tert-OH is 1. The molecule has 3 atom stereocenters. The Morgan fingerprint density at radius 2 is 1.86 bits per heavy atom. The topological polar surface area (TPSA) is 94.6 Å². The monoisotopic (exact) mass is 500 g/mol. The molecule has 0 unspecified atom stereocenters. The molecule has 9 heteroatoms.